The van der Waals surface area contributed by atoms with Crippen molar-refractivity contribution in [3.8, 4) is 5.75 Å². The normalized spacial score (nSPS) is 23.7. The van der Waals surface area contributed by atoms with Crippen molar-refractivity contribution in [3.05, 3.63) is 24.0 Å². The Balaban J connectivity index is 1.32. The average Bonchev–Trinajstić information content (AvgIpc) is 3.65. The summed E-state index contributed by atoms with van der Waals surface area (Å²) in [5.74, 6) is 0.0279. The number of aromatic nitrogens is 1. The second-order valence-electron chi connectivity index (χ2n) is 9.62. The largest absolute Gasteiger partial charge is 0.490 e. The van der Waals surface area contributed by atoms with Crippen LogP contribution in [0, 0.1) is 11.3 Å². The van der Waals surface area contributed by atoms with Gasteiger partial charge in [-0.2, -0.15) is 0 Å². The summed E-state index contributed by atoms with van der Waals surface area (Å²) in [5.41, 5.74) is 4.95. The van der Waals surface area contributed by atoms with E-state index in [1.807, 2.05) is 0 Å². The molecule has 0 saturated heterocycles. The third-order valence-electron chi connectivity index (χ3n) is 7.14. The maximum atomic E-state index is 11.8. The van der Waals surface area contributed by atoms with E-state index in [2.05, 4.69) is 4.98 Å². The van der Waals surface area contributed by atoms with Crippen LogP contribution in [0.1, 0.15) is 63.5 Å². The Kier molecular flexibility index (Phi) is 6.32. The highest BCUT2D eigenvalue weighted by Crippen LogP contribution is 2.56. The molecule has 1 heterocycles. The van der Waals surface area contributed by atoms with Gasteiger partial charge in [-0.1, -0.05) is 12.8 Å². The highest BCUT2D eigenvalue weighted by Gasteiger charge is 2.45. The maximum absolute atomic E-state index is 11.8. The molecule has 3 saturated carbocycles. The van der Waals surface area contributed by atoms with Crippen molar-refractivity contribution in [1.29, 1.82) is 0 Å². The van der Waals surface area contributed by atoms with Gasteiger partial charge in [0.2, 0.25) is 0 Å². The van der Waals surface area contributed by atoms with Crippen molar-refractivity contribution in [3.63, 3.8) is 0 Å². The first-order valence-electron chi connectivity index (χ1n) is 11.3. The van der Waals surface area contributed by atoms with Crippen LogP contribution in [0.4, 0.5) is 0 Å². The molecule has 4 N–H and O–H groups in total. The Labute approximate surface area is 178 Å². The summed E-state index contributed by atoms with van der Waals surface area (Å²) < 4.78 is 11.7. The molecule has 1 spiro atoms. The summed E-state index contributed by atoms with van der Waals surface area (Å²) in [6.07, 6.45) is 12.3. The number of hydrogen-bond donors (Lipinski definition) is 3. The second kappa shape index (κ2) is 8.81. The summed E-state index contributed by atoms with van der Waals surface area (Å²) in [7, 11) is 0. The van der Waals surface area contributed by atoms with Gasteiger partial charge < -0.3 is 25.4 Å². The van der Waals surface area contributed by atoms with Crippen LogP contribution >= 0.6 is 0 Å². The molecule has 1 aromatic heterocycles. The molecular formula is C23H34N2O5. The second-order valence-corrected chi connectivity index (χ2v) is 9.62. The van der Waals surface area contributed by atoms with Gasteiger partial charge >= 0.3 is 5.97 Å². The van der Waals surface area contributed by atoms with E-state index in [0.29, 0.717) is 23.5 Å². The van der Waals surface area contributed by atoms with Gasteiger partial charge in [-0.3, -0.25) is 4.98 Å². The molecule has 7 nitrogen and oxygen atoms in total. The van der Waals surface area contributed by atoms with E-state index in [1.54, 1.807) is 18.3 Å². The Morgan fingerprint density at radius 1 is 1.27 bits per heavy atom. The number of nitrogens with two attached hydrogens (primary N) is 1. The van der Waals surface area contributed by atoms with Gasteiger partial charge in [-0.15, -0.1) is 0 Å². The summed E-state index contributed by atoms with van der Waals surface area (Å²) in [6, 6.07) is 2.45. The molecule has 3 aliphatic rings. The lowest BCUT2D eigenvalue weighted by atomic mass is 9.85. The predicted octanol–water partition coefficient (Wildman–Crippen LogP) is 2.69. The zero-order chi connectivity index (χ0) is 21.2. The van der Waals surface area contributed by atoms with Crippen LogP contribution in [-0.2, 0) is 16.0 Å². The van der Waals surface area contributed by atoms with Crippen molar-refractivity contribution < 1.29 is 24.5 Å². The van der Waals surface area contributed by atoms with Gasteiger partial charge in [0.05, 0.1) is 18.8 Å². The number of rotatable bonds is 11. The first kappa shape index (κ1) is 21.5. The van der Waals surface area contributed by atoms with Crippen LogP contribution in [0.5, 0.6) is 5.75 Å². The molecule has 3 aliphatic carbocycles. The molecule has 166 valence electrons. The molecule has 0 aliphatic heterocycles. The van der Waals surface area contributed by atoms with Crippen LogP contribution in [0.25, 0.3) is 0 Å². The topological polar surface area (TPSA) is 115 Å². The molecule has 2 unspecified atom stereocenters. The zero-order valence-corrected chi connectivity index (χ0v) is 17.6. The first-order valence-corrected chi connectivity index (χ1v) is 11.3. The van der Waals surface area contributed by atoms with E-state index < -0.39 is 17.6 Å². The standard InChI is InChI=1S/C23H34N2O5/c24-20(15-29-12-6-16-1-2-16)23(28,21(26)27)14-17-13-19(5-11-25-17)30-18-3-7-22(8-4-18)9-10-22/h5,11,13,16,18,20,28H,1-4,6-10,12,14-15,24H2,(H,26,27). The molecule has 30 heavy (non-hydrogen) atoms. The van der Waals surface area contributed by atoms with Crippen LogP contribution in [0.2, 0.25) is 0 Å². The highest BCUT2D eigenvalue weighted by atomic mass is 16.5. The average molecular weight is 419 g/mol. The molecule has 2 atom stereocenters. The number of aliphatic carboxylic acids is 1. The Hall–Kier alpha value is -1.70. The maximum Gasteiger partial charge on any atom is 0.337 e. The number of carbonyl (C=O) groups is 1. The summed E-state index contributed by atoms with van der Waals surface area (Å²) in [6.45, 7) is 0.536. The van der Waals surface area contributed by atoms with Crippen molar-refractivity contribution in [1.82, 2.24) is 4.98 Å². The minimum absolute atomic E-state index is 0.00443. The molecule has 7 heteroatoms. The van der Waals surface area contributed by atoms with Gasteiger partial charge in [0.25, 0.3) is 0 Å². The summed E-state index contributed by atoms with van der Waals surface area (Å²) in [4.78, 5) is 16.1. The van der Waals surface area contributed by atoms with E-state index >= 15 is 0 Å². The van der Waals surface area contributed by atoms with Crippen molar-refractivity contribution in [2.75, 3.05) is 13.2 Å². The quantitative estimate of drug-likeness (QED) is 0.473. The monoisotopic (exact) mass is 418 g/mol. The molecule has 0 radical (unpaired) electrons. The van der Waals surface area contributed by atoms with E-state index in [-0.39, 0.29) is 19.1 Å². The predicted molar refractivity (Wildman–Crippen MR) is 111 cm³/mol. The minimum atomic E-state index is -2.14. The van der Waals surface area contributed by atoms with Gasteiger partial charge in [-0.05, 0) is 62.3 Å². The fourth-order valence-electron chi connectivity index (χ4n) is 4.46. The van der Waals surface area contributed by atoms with Crippen LogP contribution in [0.15, 0.2) is 18.3 Å². The van der Waals surface area contributed by atoms with Crippen LogP contribution < -0.4 is 10.5 Å². The molecule has 0 aromatic carbocycles. The molecular weight excluding hydrogens is 384 g/mol. The number of aliphatic hydroxyl groups is 1. The van der Waals surface area contributed by atoms with Gasteiger partial charge in [0, 0.05) is 31.0 Å². The van der Waals surface area contributed by atoms with Gasteiger partial charge in [0.15, 0.2) is 5.60 Å². The fraction of sp³-hybridized carbons (Fsp3) is 0.739. The lowest BCUT2D eigenvalue weighted by molar-refractivity contribution is -0.162. The summed E-state index contributed by atoms with van der Waals surface area (Å²) in [5, 5.41) is 20.5. The number of carboxylic acid groups (broad SMARTS) is 1. The SMILES string of the molecule is NC(COCCC1CC1)C(O)(Cc1cc(OC2CCC3(CC2)CC3)ccn1)C(=O)O. The fourth-order valence-corrected chi connectivity index (χ4v) is 4.46. The molecule has 0 amide bonds. The van der Waals surface area contributed by atoms with E-state index in [4.69, 9.17) is 15.2 Å². The van der Waals surface area contributed by atoms with Crippen LogP contribution in [0.3, 0.4) is 0 Å². The molecule has 3 fully saturated rings. The third kappa shape index (κ3) is 5.31. The van der Waals surface area contributed by atoms with E-state index in [0.717, 1.165) is 25.2 Å². The number of ether oxygens (including phenoxy) is 2. The Morgan fingerprint density at radius 2 is 2.00 bits per heavy atom. The van der Waals surface area contributed by atoms with Crippen molar-refractivity contribution >= 4 is 5.97 Å². The number of pyridine rings is 1. The zero-order valence-electron chi connectivity index (χ0n) is 17.6. The van der Waals surface area contributed by atoms with Crippen molar-refractivity contribution in [2.24, 2.45) is 17.1 Å². The van der Waals surface area contributed by atoms with Crippen molar-refractivity contribution in [2.45, 2.75) is 82.0 Å². The van der Waals surface area contributed by atoms with E-state index in [9.17, 15) is 15.0 Å². The molecule has 4 rings (SSSR count). The number of carboxylic acids is 1. The number of nitrogens with zero attached hydrogens (tertiary/aromatic N) is 1. The number of hydrogen-bond acceptors (Lipinski definition) is 6. The van der Waals surface area contributed by atoms with Gasteiger partial charge in [-0.25, -0.2) is 4.79 Å². The molecule has 0 bridgehead atoms. The third-order valence-corrected chi connectivity index (χ3v) is 7.14. The Bertz CT molecular complexity index is 739. The van der Waals surface area contributed by atoms with E-state index in [1.165, 1.54) is 38.5 Å². The van der Waals surface area contributed by atoms with Crippen LogP contribution in [-0.4, -0.2) is 52.1 Å². The van der Waals surface area contributed by atoms with Gasteiger partial charge in [0.1, 0.15) is 5.75 Å². The minimum Gasteiger partial charge on any atom is -0.490 e. The lowest BCUT2D eigenvalue weighted by Crippen LogP contribution is -2.57. The Morgan fingerprint density at radius 3 is 2.63 bits per heavy atom. The summed E-state index contributed by atoms with van der Waals surface area (Å²) >= 11 is 0. The first-order chi connectivity index (χ1) is 14.4. The molecule has 1 aromatic rings. The highest BCUT2D eigenvalue weighted by molar-refractivity contribution is 5.78. The smallest absolute Gasteiger partial charge is 0.337 e. The lowest BCUT2D eigenvalue weighted by Gasteiger charge is -2.30.